The van der Waals surface area contributed by atoms with Crippen LogP contribution >= 0.6 is 12.4 Å². The number of nitrogens with zero attached hydrogens (tertiary/aromatic N) is 1. The van der Waals surface area contributed by atoms with Crippen molar-refractivity contribution in [3.63, 3.8) is 0 Å². The van der Waals surface area contributed by atoms with Gasteiger partial charge in [-0.15, -0.1) is 12.4 Å². The molecule has 0 radical (unpaired) electrons. The van der Waals surface area contributed by atoms with E-state index in [0.717, 1.165) is 25.8 Å². The van der Waals surface area contributed by atoms with Crippen molar-refractivity contribution in [3.8, 4) is 0 Å². The van der Waals surface area contributed by atoms with Crippen molar-refractivity contribution in [1.82, 2.24) is 4.90 Å². The lowest BCUT2D eigenvalue weighted by Gasteiger charge is -2.68. The summed E-state index contributed by atoms with van der Waals surface area (Å²) in [5, 5.41) is 0. The van der Waals surface area contributed by atoms with E-state index in [1.165, 1.54) is 19.3 Å². The number of rotatable bonds is 4. The highest BCUT2D eigenvalue weighted by Gasteiger charge is 2.66. The Morgan fingerprint density at radius 2 is 1.32 bits per heavy atom. The molecule has 0 aromatic carbocycles. The molecule has 0 atom stereocenters. The molecule has 4 fully saturated rings. The monoisotopic (exact) mass is 329 g/mol. The molecular formula is C18H32ClNO2. The van der Waals surface area contributed by atoms with E-state index in [1.807, 2.05) is 14.1 Å². The van der Waals surface area contributed by atoms with Gasteiger partial charge in [0, 0.05) is 6.54 Å². The van der Waals surface area contributed by atoms with Crippen molar-refractivity contribution >= 4 is 18.4 Å². The second kappa shape index (κ2) is 5.37. The third kappa shape index (κ3) is 3.03. The molecule has 4 bridgehead atoms. The minimum Gasteiger partial charge on any atom is -0.464 e. The maximum Gasteiger partial charge on any atom is 0.312 e. The molecule has 0 unspecified atom stereocenters. The van der Waals surface area contributed by atoms with Gasteiger partial charge in [0.2, 0.25) is 0 Å². The zero-order valence-corrected chi connectivity index (χ0v) is 15.6. The number of carbonyl (C=O) groups excluding carboxylic acids is 1. The molecular weight excluding hydrogens is 298 g/mol. The fourth-order valence-corrected chi connectivity index (χ4v) is 6.98. The number of likely N-dealkylation sites (N-methyl/N-ethyl adjacent to an activating group) is 1. The number of carbonyl (C=O) groups is 1. The predicted molar refractivity (Wildman–Crippen MR) is 91.2 cm³/mol. The summed E-state index contributed by atoms with van der Waals surface area (Å²) < 4.78 is 5.69. The summed E-state index contributed by atoms with van der Waals surface area (Å²) >= 11 is 0. The van der Waals surface area contributed by atoms with E-state index in [-0.39, 0.29) is 23.8 Å². The molecule has 0 saturated heterocycles. The smallest absolute Gasteiger partial charge is 0.312 e. The van der Waals surface area contributed by atoms with Crippen molar-refractivity contribution in [1.29, 1.82) is 0 Å². The number of hydrogen-bond donors (Lipinski definition) is 0. The molecule has 4 aliphatic carbocycles. The van der Waals surface area contributed by atoms with Crippen molar-refractivity contribution in [3.05, 3.63) is 0 Å². The molecule has 4 aliphatic rings. The number of ether oxygens (including phenoxy) is 1. The summed E-state index contributed by atoms with van der Waals surface area (Å²) in [4.78, 5) is 14.9. The molecule has 0 N–H and O–H groups in total. The lowest BCUT2D eigenvalue weighted by atomic mass is 9.36. The van der Waals surface area contributed by atoms with Gasteiger partial charge in [0.25, 0.3) is 0 Å². The van der Waals surface area contributed by atoms with Crippen molar-refractivity contribution < 1.29 is 9.53 Å². The standard InChI is InChI=1S/C18H31NO2.ClH/c1-15-8-16(2)10-17(3,9-15)13-18(11-15,12-16)14(20)21-7-6-19(4)5;/h6-13H2,1-5H3;1H. The lowest BCUT2D eigenvalue weighted by molar-refractivity contribution is -0.208. The second-order valence-corrected chi connectivity index (χ2v) is 9.71. The Hall–Kier alpha value is -0.280. The van der Waals surface area contributed by atoms with Crippen LogP contribution in [0.1, 0.15) is 59.3 Å². The second-order valence-electron chi connectivity index (χ2n) is 9.71. The van der Waals surface area contributed by atoms with Crippen LogP contribution in [-0.4, -0.2) is 38.1 Å². The third-order valence-electron chi connectivity index (χ3n) is 6.06. The van der Waals surface area contributed by atoms with Crippen LogP contribution in [0.2, 0.25) is 0 Å². The Balaban J connectivity index is 0.00000176. The first kappa shape index (κ1) is 18.1. The normalized spacial score (nSPS) is 45.7. The van der Waals surface area contributed by atoms with Crippen LogP contribution in [0.15, 0.2) is 0 Å². The zero-order valence-electron chi connectivity index (χ0n) is 14.8. The van der Waals surface area contributed by atoms with Crippen LogP contribution < -0.4 is 0 Å². The lowest BCUT2D eigenvalue weighted by Crippen LogP contribution is -2.61. The first-order valence-corrected chi connectivity index (χ1v) is 8.40. The number of halogens is 1. The van der Waals surface area contributed by atoms with E-state index in [2.05, 4.69) is 25.7 Å². The Kier molecular flexibility index (Phi) is 4.41. The topological polar surface area (TPSA) is 29.5 Å². The maximum atomic E-state index is 12.9. The van der Waals surface area contributed by atoms with E-state index in [0.29, 0.717) is 22.9 Å². The van der Waals surface area contributed by atoms with Gasteiger partial charge in [-0.1, -0.05) is 20.8 Å². The summed E-state index contributed by atoms with van der Waals surface area (Å²) in [5.74, 6) is 0.0899. The van der Waals surface area contributed by atoms with Gasteiger partial charge in [-0.2, -0.15) is 0 Å². The van der Waals surface area contributed by atoms with Crippen molar-refractivity contribution in [2.75, 3.05) is 27.2 Å². The van der Waals surface area contributed by atoms with Crippen LogP contribution in [0.3, 0.4) is 0 Å². The molecule has 0 spiro atoms. The van der Waals surface area contributed by atoms with Crippen molar-refractivity contribution in [2.45, 2.75) is 59.3 Å². The van der Waals surface area contributed by atoms with Crippen LogP contribution in [0, 0.1) is 21.7 Å². The molecule has 128 valence electrons. The fraction of sp³-hybridized carbons (Fsp3) is 0.944. The highest BCUT2D eigenvalue weighted by atomic mass is 35.5. The van der Waals surface area contributed by atoms with Gasteiger partial charge >= 0.3 is 5.97 Å². The van der Waals surface area contributed by atoms with E-state index in [4.69, 9.17) is 4.74 Å². The van der Waals surface area contributed by atoms with Gasteiger partial charge in [0.15, 0.2) is 0 Å². The summed E-state index contributed by atoms with van der Waals surface area (Å²) in [6.45, 7) is 8.56. The fourth-order valence-electron chi connectivity index (χ4n) is 6.98. The highest BCUT2D eigenvalue weighted by Crippen LogP contribution is 2.73. The number of esters is 1. The quantitative estimate of drug-likeness (QED) is 0.733. The van der Waals surface area contributed by atoms with Crippen LogP contribution in [-0.2, 0) is 9.53 Å². The van der Waals surface area contributed by atoms with Gasteiger partial charge in [-0.25, -0.2) is 0 Å². The average molecular weight is 330 g/mol. The average Bonchev–Trinajstić information content (AvgIpc) is 2.21. The molecule has 4 saturated carbocycles. The van der Waals surface area contributed by atoms with Crippen LogP contribution in [0.5, 0.6) is 0 Å². The van der Waals surface area contributed by atoms with Gasteiger partial charge in [-0.3, -0.25) is 4.79 Å². The molecule has 3 nitrogen and oxygen atoms in total. The largest absolute Gasteiger partial charge is 0.464 e. The SMILES string of the molecule is CN(C)CCOC(=O)C12CC3(C)CC(C)(CC(C)(C3)C1)C2.Cl. The Morgan fingerprint density at radius 3 is 1.68 bits per heavy atom. The molecule has 0 amide bonds. The molecule has 0 aromatic rings. The van der Waals surface area contributed by atoms with Gasteiger partial charge in [0.05, 0.1) is 5.41 Å². The molecule has 4 rings (SSSR count). The van der Waals surface area contributed by atoms with Gasteiger partial charge in [-0.05, 0) is 68.9 Å². The van der Waals surface area contributed by atoms with E-state index in [1.54, 1.807) is 0 Å². The Bertz CT molecular complexity index is 408. The minimum atomic E-state index is -0.195. The Labute approximate surface area is 141 Å². The summed E-state index contributed by atoms with van der Waals surface area (Å²) in [5.41, 5.74) is 0.843. The zero-order chi connectivity index (χ0) is 15.5. The predicted octanol–water partition coefficient (Wildman–Crippen LogP) is 3.90. The molecule has 0 aliphatic heterocycles. The molecule has 0 heterocycles. The number of hydrogen-bond acceptors (Lipinski definition) is 3. The first-order chi connectivity index (χ1) is 9.58. The maximum absolute atomic E-state index is 12.9. The summed E-state index contributed by atoms with van der Waals surface area (Å²) in [6, 6.07) is 0. The summed E-state index contributed by atoms with van der Waals surface area (Å²) in [7, 11) is 4.03. The van der Waals surface area contributed by atoms with Gasteiger partial charge < -0.3 is 9.64 Å². The van der Waals surface area contributed by atoms with Crippen LogP contribution in [0.25, 0.3) is 0 Å². The van der Waals surface area contributed by atoms with Gasteiger partial charge in [0.1, 0.15) is 6.61 Å². The van der Waals surface area contributed by atoms with E-state index in [9.17, 15) is 4.79 Å². The molecule has 22 heavy (non-hydrogen) atoms. The molecule has 4 heteroatoms. The highest BCUT2D eigenvalue weighted by molar-refractivity contribution is 5.85. The van der Waals surface area contributed by atoms with E-state index < -0.39 is 0 Å². The Morgan fingerprint density at radius 1 is 0.909 bits per heavy atom. The molecule has 0 aromatic heterocycles. The van der Waals surface area contributed by atoms with Crippen LogP contribution in [0.4, 0.5) is 0 Å². The minimum absolute atomic E-state index is 0. The van der Waals surface area contributed by atoms with Crippen molar-refractivity contribution in [2.24, 2.45) is 21.7 Å². The van der Waals surface area contributed by atoms with E-state index >= 15 is 0 Å². The summed E-state index contributed by atoms with van der Waals surface area (Å²) in [6.07, 6.45) is 7.02. The third-order valence-corrected chi connectivity index (χ3v) is 6.06. The first-order valence-electron chi connectivity index (χ1n) is 8.40.